The van der Waals surface area contributed by atoms with Crippen LogP contribution in [0.25, 0.3) is 0 Å². The molecule has 54 valence electrons. The summed E-state index contributed by atoms with van der Waals surface area (Å²) in [7, 11) is 2.05. The van der Waals surface area contributed by atoms with Crippen molar-refractivity contribution in [2.24, 2.45) is 10.9 Å². The third-order valence-electron chi connectivity index (χ3n) is 2.06. The molecule has 0 aromatic heterocycles. The van der Waals surface area contributed by atoms with Gasteiger partial charge in [-0.3, -0.25) is 4.99 Å². The van der Waals surface area contributed by atoms with E-state index in [-0.39, 0.29) is 0 Å². The monoisotopic (exact) mass is 137 g/mol. The smallest absolute Gasteiger partial charge is 0.0485 e. The number of allylic oxidation sites excluding steroid dienone is 1. The fourth-order valence-corrected chi connectivity index (χ4v) is 1.44. The number of hydrogen-bond acceptors (Lipinski definition) is 3. The van der Waals surface area contributed by atoms with Crippen molar-refractivity contribution in [3.05, 3.63) is 11.8 Å². The van der Waals surface area contributed by atoms with Crippen LogP contribution in [-0.4, -0.2) is 31.4 Å². The molecule has 0 bridgehead atoms. The van der Waals surface area contributed by atoms with E-state index in [9.17, 15) is 0 Å². The summed E-state index contributed by atoms with van der Waals surface area (Å²) >= 11 is 0. The molecule has 2 rings (SSSR count). The van der Waals surface area contributed by atoms with E-state index in [1.54, 1.807) is 0 Å². The maximum atomic E-state index is 4.19. The molecule has 3 nitrogen and oxygen atoms in total. The average Bonchev–Trinajstić information content (AvgIpc) is 2.34. The van der Waals surface area contributed by atoms with Gasteiger partial charge in [-0.2, -0.15) is 0 Å². The molecule has 0 amide bonds. The van der Waals surface area contributed by atoms with Crippen molar-refractivity contribution in [2.75, 3.05) is 20.1 Å². The van der Waals surface area contributed by atoms with Gasteiger partial charge in [0.25, 0.3) is 0 Å². The number of dihydropyridines is 1. The maximum absolute atomic E-state index is 4.19. The van der Waals surface area contributed by atoms with E-state index in [1.165, 1.54) is 5.70 Å². The van der Waals surface area contributed by atoms with Crippen LogP contribution in [0.3, 0.4) is 0 Å². The summed E-state index contributed by atoms with van der Waals surface area (Å²) in [5.74, 6) is 0.620. The molecule has 1 unspecified atom stereocenters. The third kappa shape index (κ3) is 0.743. The summed E-state index contributed by atoms with van der Waals surface area (Å²) < 4.78 is 0. The molecule has 0 aromatic carbocycles. The molecular formula is C7H11N3. The van der Waals surface area contributed by atoms with Crippen LogP contribution in [0, 0.1) is 5.92 Å². The van der Waals surface area contributed by atoms with Gasteiger partial charge in [0.2, 0.25) is 0 Å². The highest BCUT2D eigenvalue weighted by Gasteiger charge is 2.25. The lowest BCUT2D eigenvalue weighted by Gasteiger charge is -2.16. The van der Waals surface area contributed by atoms with Gasteiger partial charge in [0.05, 0.1) is 0 Å². The Morgan fingerprint density at radius 1 is 1.80 bits per heavy atom. The van der Waals surface area contributed by atoms with Gasteiger partial charge in [-0.25, -0.2) is 5.43 Å². The molecule has 1 saturated heterocycles. The van der Waals surface area contributed by atoms with Crippen LogP contribution >= 0.6 is 0 Å². The fourth-order valence-electron chi connectivity index (χ4n) is 1.44. The molecule has 3 heteroatoms. The molecule has 0 radical (unpaired) electrons. The Hall–Kier alpha value is -0.830. The molecule has 1 fully saturated rings. The highest BCUT2D eigenvalue weighted by Crippen LogP contribution is 2.20. The predicted octanol–water partition coefficient (Wildman–Crippen LogP) is 0.0209. The lowest BCUT2D eigenvalue weighted by Crippen LogP contribution is -2.24. The first kappa shape index (κ1) is 5.92. The van der Waals surface area contributed by atoms with Crippen molar-refractivity contribution >= 4 is 6.21 Å². The van der Waals surface area contributed by atoms with Crippen LogP contribution < -0.4 is 5.43 Å². The molecule has 2 aliphatic rings. The number of aliphatic imine (C=N–C) groups is 1. The second-order valence-electron chi connectivity index (χ2n) is 2.72. The van der Waals surface area contributed by atoms with Crippen molar-refractivity contribution in [1.82, 2.24) is 10.4 Å². The number of fused-ring (bicyclic) bond motifs is 1. The first-order chi connectivity index (χ1) is 4.88. The maximum Gasteiger partial charge on any atom is 0.0485 e. The minimum absolute atomic E-state index is 0.620. The highest BCUT2D eigenvalue weighted by atomic mass is 15.5. The van der Waals surface area contributed by atoms with Crippen molar-refractivity contribution < 1.29 is 0 Å². The minimum atomic E-state index is 0.620. The zero-order valence-corrected chi connectivity index (χ0v) is 6.04. The van der Waals surface area contributed by atoms with E-state index in [1.807, 2.05) is 13.3 Å². The van der Waals surface area contributed by atoms with Gasteiger partial charge >= 0.3 is 0 Å². The second kappa shape index (κ2) is 2.09. The SMILES string of the molecule is CN1NCC2CN=CC=C21. The molecular weight excluding hydrogens is 126 g/mol. The van der Waals surface area contributed by atoms with E-state index in [0.29, 0.717) is 5.92 Å². The first-order valence-corrected chi connectivity index (χ1v) is 3.55. The number of nitrogens with one attached hydrogen (secondary N) is 1. The topological polar surface area (TPSA) is 27.6 Å². The quantitative estimate of drug-likeness (QED) is 0.509. The summed E-state index contributed by atoms with van der Waals surface area (Å²) in [6.45, 7) is 1.99. The molecule has 0 aliphatic carbocycles. The number of hydrogen-bond donors (Lipinski definition) is 1. The van der Waals surface area contributed by atoms with Crippen molar-refractivity contribution in [3.63, 3.8) is 0 Å². The number of nitrogens with zero attached hydrogens (tertiary/aromatic N) is 2. The third-order valence-corrected chi connectivity index (χ3v) is 2.06. The zero-order chi connectivity index (χ0) is 6.97. The van der Waals surface area contributed by atoms with Crippen LogP contribution in [0.1, 0.15) is 0 Å². The summed E-state index contributed by atoms with van der Waals surface area (Å²) in [5.41, 5.74) is 4.62. The largest absolute Gasteiger partial charge is 0.315 e. The molecule has 1 atom stereocenters. The first-order valence-electron chi connectivity index (χ1n) is 3.55. The Kier molecular flexibility index (Phi) is 1.24. The average molecular weight is 137 g/mol. The van der Waals surface area contributed by atoms with E-state index in [0.717, 1.165) is 13.1 Å². The van der Waals surface area contributed by atoms with Gasteiger partial charge in [-0.1, -0.05) is 0 Å². The van der Waals surface area contributed by atoms with Gasteiger partial charge in [0.1, 0.15) is 0 Å². The second-order valence-corrected chi connectivity index (χ2v) is 2.72. The van der Waals surface area contributed by atoms with Gasteiger partial charge in [0.15, 0.2) is 0 Å². The fraction of sp³-hybridized carbons (Fsp3) is 0.571. The van der Waals surface area contributed by atoms with Gasteiger partial charge in [-0.05, 0) is 6.08 Å². The molecule has 2 heterocycles. The Morgan fingerprint density at radius 2 is 2.70 bits per heavy atom. The summed E-state index contributed by atoms with van der Waals surface area (Å²) in [6.07, 6.45) is 3.96. The van der Waals surface area contributed by atoms with E-state index in [4.69, 9.17) is 0 Å². The molecule has 2 aliphatic heterocycles. The molecule has 0 spiro atoms. The van der Waals surface area contributed by atoms with Gasteiger partial charge in [0, 0.05) is 38.0 Å². The minimum Gasteiger partial charge on any atom is -0.315 e. The standard InChI is InChI=1S/C7H11N3/c1-10-7-2-3-8-4-6(7)5-9-10/h2-3,6,9H,4-5H2,1H3. The Bertz CT molecular complexity index is 195. The summed E-state index contributed by atoms with van der Waals surface area (Å²) in [6, 6.07) is 0. The van der Waals surface area contributed by atoms with Crippen LogP contribution in [0.15, 0.2) is 16.8 Å². The molecule has 0 aromatic rings. The normalized spacial score (nSPS) is 30.3. The van der Waals surface area contributed by atoms with Crippen molar-refractivity contribution in [1.29, 1.82) is 0 Å². The van der Waals surface area contributed by atoms with E-state index in [2.05, 4.69) is 21.5 Å². The lowest BCUT2D eigenvalue weighted by atomic mass is 10.1. The molecule has 0 saturated carbocycles. The van der Waals surface area contributed by atoms with Crippen LogP contribution in [0.2, 0.25) is 0 Å². The molecule has 10 heavy (non-hydrogen) atoms. The lowest BCUT2D eigenvalue weighted by molar-refractivity contribution is 0.364. The highest BCUT2D eigenvalue weighted by molar-refractivity contribution is 5.73. The van der Waals surface area contributed by atoms with E-state index < -0.39 is 0 Å². The summed E-state index contributed by atoms with van der Waals surface area (Å²) in [5, 5.41) is 2.08. The van der Waals surface area contributed by atoms with Crippen LogP contribution in [0.5, 0.6) is 0 Å². The van der Waals surface area contributed by atoms with Gasteiger partial charge < -0.3 is 5.01 Å². The Labute approximate surface area is 60.4 Å². The predicted molar refractivity (Wildman–Crippen MR) is 40.7 cm³/mol. The van der Waals surface area contributed by atoms with Crippen molar-refractivity contribution in [2.45, 2.75) is 0 Å². The Balaban J connectivity index is 2.25. The number of rotatable bonds is 0. The van der Waals surface area contributed by atoms with Gasteiger partial charge in [-0.15, -0.1) is 0 Å². The summed E-state index contributed by atoms with van der Waals surface area (Å²) in [4.78, 5) is 4.19. The van der Waals surface area contributed by atoms with Crippen LogP contribution in [-0.2, 0) is 0 Å². The van der Waals surface area contributed by atoms with E-state index >= 15 is 0 Å². The molecule has 1 N–H and O–H groups in total. The Morgan fingerprint density at radius 3 is 3.50 bits per heavy atom. The zero-order valence-electron chi connectivity index (χ0n) is 6.04. The number of hydrazine groups is 1. The van der Waals surface area contributed by atoms with Crippen LogP contribution in [0.4, 0.5) is 0 Å². The van der Waals surface area contributed by atoms with Crippen molar-refractivity contribution in [3.8, 4) is 0 Å².